The summed E-state index contributed by atoms with van der Waals surface area (Å²) >= 11 is 0. The molecule has 1 saturated carbocycles. The third-order valence-electron chi connectivity index (χ3n) is 3.65. The van der Waals surface area contributed by atoms with Crippen LogP contribution in [0.3, 0.4) is 0 Å². The van der Waals surface area contributed by atoms with Crippen LogP contribution in [-0.4, -0.2) is 23.0 Å². The van der Waals surface area contributed by atoms with Crippen LogP contribution >= 0.6 is 0 Å². The average Bonchev–Trinajstić information content (AvgIpc) is 2.30. The summed E-state index contributed by atoms with van der Waals surface area (Å²) in [7, 11) is 0. The first kappa shape index (κ1) is 14.0. The molecule has 2 N–H and O–H groups in total. The van der Waals surface area contributed by atoms with Crippen LogP contribution in [0, 0.1) is 11.8 Å². The zero-order valence-electron chi connectivity index (χ0n) is 10.7. The predicted octanol–water partition coefficient (Wildman–Crippen LogP) is 2.18. The van der Waals surface area contributed by atoms with Gasteiger partial charge in [-0.1, -0.05) is 19.8 Å². The Morgan fingerprint density at radius 3 is 2.35 bits per heavy atom. The van der Waals surface area contributed by atoms with Gasteiger partial charge in [-0.3, -0.25) is 9.59 Å². The molecule has 1 amide bonds. The van der Waals surface area contributed by atoms with Gasteiger partial charge < -0.3 is 10.4 Å². The number of rotatable bonds is 5. The van der Waals surface area contributed by atoms with Gasteiger partial charge in [0.15, 0.2) is 0 Å². The molecule has 0 aromatic rings. The van der Waals surface area contributed by atoms with E-state index in [0.29, 0.717) is 0 Å². The van der Waals surface area contributed by atoms with Gasteiger partial charge in [0.1, 0.15) is 5.92 Å². The van der Waals surface area contributed by atoms with E-state index in [9.17, 15) is 9.59 Å². The number of carbonyl (C=O) groups is 2. The fourth-order valence-electron chi connectivity index (χ4n) is 2.44. The van der Waals surface area contributed by atoms with Crippen LogP contribution < -0.4 is 5.32 Å². The van der Waals surface area contributed by atoms with Crippen LogP contribution in [0.1, 0.15) is 52.4 Å². The van der Waals surface area contributed by atoms with Crippen LogP contribution in [0.4, 0.5) is 0 Å². The number of carboxylic acid groups (broad SMARTS) is 1. The maximum Gasteiger partial charge on any atom is 0.315 e. The van der Waals surface area contributed by atoms with Gasteiger partial charge in [0.25, 0.3) is 0 Å². The smallest absolute Gasteiger partial charge is 0.315 e. The van der Waals surface area contributed by atoms with Gasteiger partial charge in [-0.2, -0.15) is 0 Å². The molecule has 0 spiro atoms. The first-order chi connectivity index (χ1) is 8.04. The molecule has 1 aliphatic rings. The van der Waals surface area contributed by atoms with Crippen LogP contribution in [0.2, 0.25) is 0 Å². The standard InChI is InChI=1S/C13H23NO3/c1-3-4-10-5-7-11(8-6-10)14-12(15)9(2)13(16)17/h9-11H,3-8H2,1-2H3,(H,14,15)(H,16,17). The minimum Gasteiger partial charge on any atom is -0.481 e. The molecule has 0 bridgehead atoms. The summed E-state index contributed by atoms with van der Waals surface area (Å²) in [6, 6.07) is 0.178. The summed E-state index contributed by atoms with van der Waals surface area (Å²) in [6.07, 6.45) is 6.77. The Bertz CT molecular complexity index is 270. The second-order valence-corrected chi connectivity index (χ2v) is 5.07. The Morgan fingerprint density at radius 2 is 1.88 bits per heavy atom. The molecule has 1 unspecified atom stereocenters. The lowest BCUT2D eigenvalue weighted by Crippen LogP contribution is -2.42. The van der Waals surface area contributed by atoms with Crippen molar-refractivity contribution in [1.29, 1.82) is 0 Å². The minimum atomic E-state index is -1.05. The summed E-state index contributed by atoms with van der Waals surface area (Å²) < 4.78 is 0. The van der Waals surface area contributed by atoms with Crippen molar-refractivity contribution in [3.05, 3.63) is 0 Å². The molecule has 0 radical (unpaired) electrons. The first-order valence-electron chi connectivity index (χ1n) is 6.57. The molecule has 0 aliphatic heterocycles. The highest BCUT2D eigenvalue weighted by Crippen LogP contribution is 2.27. The van der Waals surface area contributed by atoms with Gasteiger partial charge in [-0.15, -0.1) is 0 Å². The van der Waals surface area contributed by atoms with Crippen LogP contribution in [0.5, 0.6) is 0 Å². The SMILES string of the molecule is CCCC1CCC(NC(=O)C(C)C(=O)O)CC1. The molecule has 17 heavy (non-hydrogen) atoms. The largest absolute Gasteiger partial charge is 0.481 e. The molecule has 0 heterocycles. The maximum atomic E-state index is 11.6. The summed E-state index contributed by atoms with van der Waals surface area (Å²) in [5.74, 6) is -1.55. The highest BCUT2D eigenvalue weighted by atomic mass is 16.4. The molecular formula is C13H23NO3. The van der Waals surface area contributed by atoms with Crippen molar-refractivity contribution in [3.63, 3.8) is 0 Å². The van der Waals surface area contributed by atoms with Crippen LogP contribution in [0.15, 0.2) is 0 Å². The Kier molecular flexibility index (Phi) is 5.45. The topological polar surface area (TPSA) is 66.4 Å². The van der Waals surface area contributed by atoms with Gasteiger partial charge in [0.2, 0.25) is 5.91 Å². The highest BCUT2D eigenvalue weighted by Gasteiger charge is 2.26. The second-order valence-electron chi connectivity index (χ2n) is 5.07. The summed E-state index contributed by atoms with van der Waals surface area (Å²) in [5, 5.41) is 11.6. The first-order valence-corrected chi connectivity index (χ1v) is 6.57. The Morgan fingerprint density at radius 1 is 1.29 bits per heavy atom. The van der Waals surface area contributed by atoms with E-state index in [-0.39, 0.29) is 11.9 Å². The van der Waals surface area contributed by atoms with E-state index >= 15 is 0 Å². The Labute approximate surface area is 103 Å². The molecule has 1 aliphatic carbocycles. The third kappa shape index (κ3) is 4.36. The van der Waals surface area contributed by atoms with E-state index in [4.69, 9.17) is 5.11 Å². The number of nitrogens with one attached hydrogen (secondary N) is 1. The van der Waals surface area contributed by atoms with Crippen LogP contribution in [-0.2, 0) is 9.59 Å². The molecule has 1 atom stereocenters. The lowest BCUT2D eigenvalue weighted by Gasteiger charge is -2.29. The number of hydrogen-bond donors (Lipinski definition) is 2. The maximum absolute atomic E-state index is 11.6. The molecule has 0 aromatic heterocycles. The van der Waals surface area contributed by atoms with Gasteiger partial charge in [0.05, 0.1) is 0 Å². The third-order valence-corrected chi connectivity index (χ3v) is 3.65. The van der Waals surface area contributed by atoms with Gasteiger partial charge >= 0.3 is 5.97 Å². The lowest BCUT2D eigenvalue weighted by molar-refractivity contribution is -0.146. The van der Waals surface area contributed by atoms with Crippen molar-refractivity contribution in [2.24, 2.45) is 11.8 Å². The Hall–Kier alpha value is -1.06. The average molecular weight is 241 g/mol. The highest BCUT2D eigenvalue weighted by molar-refractivity contribution is 5.96. The molecule has 98 valence electrons. The van der Waals surface area contributed by atoms with E-state index < -0.39 is 11.9 Å². The van der Waals surface area contributed by atoms with E-state index in [1.165, 1.54) is 19.8 Å². The van der Waals surface area contributed by atoms with Gasteiger partial charge in [-0.05, 0) is 38.5 Å². The number of amides is 1. The molecule has 1 rings (SSSR count). The van der Waals surface area contributed by atoms with Crippen molar-refractivity contribution in [3.8, 4) is 0 Å². The summed E-state index contributed by atoms with van der Waals surface area (Å²) in [5.41, 5.74) is 0. The van der Waals surface area contributed by atoms with Crippen molar-refractivity contribution in [2.75, 3.05) is 0 Å². The Balaban J connectivity index is 2.30. The zero-order valence-corrected chi connectivity index (χ0v) is 10.7. The van der Waals surface area contributed by atoms with E-state index in [1.54, 1.807) is 0 Å². The number of carbonyl (C=O) groups excluding carboxylic acids is 1. The van der Waals surface area contributed by atoms with Gasteiger partial charge in [0, 0.05) is 6.04 Å². The van der Waals surface area contributed by atoms with E-state index in [0.717, 1.165) is 31.6 Å². The molecule has 1 fully saturated rings. The monoisotopic (exact) mass is 241 g/mol. The summed E-state index contributed by atoms with van der Waals surface area (Å²) in [6.45, 7) is 3.63. The fourth-order valence-corrected chi connectivity index (χ4v) is 2.44. The van der Waals surface area contributed by atoms with E-state index in [2.05, 4.69) is 12.2 Å². The number of carboxylic acids is 1. The van der Waals surface area contributed by atoms with Crippen molar-refractivity contribution < 1.29 is 14.7 Å². The van der Waals surface area contributed by atoms with Gasteiger partial charge in [-0.25, -0.2) is 0 Å². The predicted molar refractivity (Wildman–Crippen MR) is 65.6 cm³/mol. The lowest BCUT2D eigenvalue weighted by atomic mass is 9.83. The quantitative estimate of drug-likeness (QED) is 0.725. The number of aliphatic carboxylic acids is 1. The van der Waals surface area contributed by atoms with Crippen molar-refractivity contribution in [2.45, 2.75) is 58.4 Å². The second kappa shape index (κ2) is 6.62. The summed E-state index contributed by atoms with van der Waals surface area (Å²) in [4.78, 5) is 22.2. The molecule has 0 saturated heterocycles. The molecule has 0 aromatic carbocycles. The number of hydrogen-bond acceptors (Lipinski definition) is 2. The zero-order chi connectivity index (χ0) is 12.8. The van der Waals surface area contributed by atoms with Crippen molar-refractivity contribution >= 4 is 11.9 Å². The fraction of sp³-hybridized carbons (Fsp3) is 0.846. The normalized spacial score (nSPS) is 26.2. The van der Waals surface area contributed by atoms with Crippen LogP contribution in [0.25, 0.3) is 0 Å². The molecule has 4 heteroatoms. The van der Waals surface area contributed by atoms with Crippen molar-refractivity contribution in [1.82, 2.24) is 5.32 Å². The minimum absolute atomic E-state index is 0.178. The molecule has 4 nitrogen and oxygen atoms in total. The molecular weight excluding hydrogens is 218 g/mol. The van der Waals surface area contributed by atoms with E-state index in [1.807, 2.05) is 0 Å².